The summed E-state index contributed by atoms with van der Waals surface area (Å²) in [6, 6.07) is 55.8. The van der Waals surface area contributed by atoms with E-state index in [0.29, 0.717) is 47.5 Å². The average Bonchev–Trinajstić information content (AvgIpc) is 0.967. The lowest BCUT2D eigenvalue weighted by Crippen LogP contribution is -2.26. The van der Waals surface area contributed by atoms with Gasteiger partial charge in [-0.3, -0.25) is 0 Å². The first-order chi connectivity index (χ1) is 66.0. The van der Waals surface area contributed by atoms with E-state index < -0.39 is 0 Å². The first-order valence-corrected chi connectivity index (χ1v) is 55.3. The van der Waals surface area contributed by atoms with Crippen LogP contribution in [0, 0.1) is 41.4 Å². The standard InChI is InChI=1S/2C24H34O2.C21H32O2.C21H34O2.C19H28O2.C15H22O2/c1-5-18(3)21-8-6-10-23-22(21)9-7-11-24(23)26-19(4)25-16-20-14-12-17(2)13-15-20;1-4-18(2)21-12-8-14-23-22(21)13-9-15-24(23)26-19(3)25-17-16-20-10-6-5-7-11-20;1-15-13-19-14-20(9-10-21(19)16(15)2)23-17(3)22-12-11-18-7-5-4-6-8-18;1-4-17(3)19-12-9-13-20(16-19)23-21(5-2)22-15-14-18-10-7-6-8-11-18;1-13-11-16-12-18(9-10-19(16)14(13)2)21-15(3)20-17-7-5-4-6-8-17;1-3-12(2)13-7-6-8-14(11-13)17-15-9-4-5-10-16-15/h6-11,17-20H,5,12-16H2,1-4H3;8-9,12-15,18-20H,4-7,10-11,16-17H2,1-3H3;9-10,14-18H,4-8,11-13H2,1-3H3;9,12-13,16-18,21H,4-8,10-11,14-15H2,1-3H3;9-10,12-15,17H,4-8,11H2,1-3H3;6-8,11-12,15H,3-5,9-10H2,1-2H3. The van der Waals surface area contributed by atoms with Gasteiger partial charge in [-0.25, -0.2) is 0 Å². The van der Waals surface area contributed by atoms with Crippen LogP contribution in [0.4, 0.5) is 0 Å². The molecule has 0 bridgehead atoms. The maximum Gasteiger partial charge on any atom is 0.199 e. The van der Waals surface area contributed by atoms with Crippen LogP contribution in [0.1, 0.15) is 429 Å². The van der Waals surface area contributed by atoms with Crippen molar-refractivity contribution in [2.75, 3.05) is 33.0 Å². The van der Waals surface area contributed by atoms with E-state index >= 15 is 0 Å². The SMILES string of the molecule is CC(OCCC1CCCCC1)Oc1ccc2c(c1)CC(C)C2C.CC(Oc1ccc2c(c1)CC(C)C2C)OC1CCCCC1.CCC(C)c1cccc(OC2CCCCO2)c1.CCC(C)c1cccc2c(OC(C)OCC3CCC(C)CC3)cccc12.CCC(C)c1cccc2c(OC(C)OCCC3CCCCC3)cccc12.CCC(OCCC1CCCCC1)Oc1cccc(C(C)CC)c1. The van der Waals surface area contributed by atoms with Gasteiger partial charge in [-0.1, -0.05) is 322 Å². The number of ether oxygens (including phenoxy) is 12. The summed E-state index contributed by atoms with van der Waals surface area (Å²) < 4.78 is 71.8. The van der Waals surface area contributed by atoms with Crippen molar-refractivity contribution in [2.24, 2.45) is 41.4 Å². The molecule has 8 aromatic carbocycles. The molecular weight excluding hydrogens is 1680 g/mol. The molecule has 16 rings (SSSR count). The number of hydrogen-bond acceptors (Lipinski definition) is 12. The Hall–Kier alpha value is -7.16. The lowest BCUT2D eigenvalue weighted by atomic mass is 9.83. The quantitative estimate of drug-likeness (QED) is 0.0344. The fraction of sp³-hybridized carbons (Fsp3) is 0.645. The molecule has 7 aliphatic carbocycles. The van der Waals surface area contributed by atoms with Crippen molar-refractivity contribution in [1.82, 2.24) is 0 Å². The van der Waals surface area contributed by atoms with E-state index in [1.807, 2.05) is 39.8 Å². The van der Waals surface area contributed by atoms with Crippen molar-refractivity contribution < 1.29 is 56.8 Å². The van der Waals surface area contributed by atoms with Gasteiger partial charge in [0.05, 0.1) is 39.1 Å². The van der Waals surface area contributed by atoms with E-state index in [4.69, 9.17) is 56.8 Å². The highest BCUT2D eigenvalue weighted by Gasteiger charge is 2.30. The summed E-state index contributed by atoms with van der Waals surface area (Å²) in [4.78, 5) is 0. The number of hydrogen-bond donors (Lipinski definition) is 0. The fourth-order valence-electron chi connectivity index (χ4n) is 21.6. The first kappa shape index (κ1) is 109. The number of benzene rings is 8. The third-order valence-corrected chi connectivity index (χ3v) is 31.8. The molecule has 5 saturated carbocycles. The zero-order valence-corrected chi connectivity index (χ0v) is 88.2. The van der Waals surface area contributed by atoms with Crippen molar-refractivity contribution in [3.8, 4) is 34.5 Å². The van der Waals surface area contributed by atoms with Gasteiger partial charge in [0.1, 0.15) is 34.5 Å². The third-order valence-electron chi connectivity index (χ3n) is 31.8. The Balaban J connectivity index is 0.000000157. The van der Waals surface area contributed by atoms with E-state index in [-0.39, 0.29) is 37.7 Å². The van der Waals surface area contributed by atoms with Crippen molar-refractivity contribution in [2.45, 2.75) is 442 Å². The van der Waals surface area contributed by atoms with E-state index in [2.05, 4.69) is 243 Å². The van der Waals surface area contributed by atoms with Gasteiger partial charge >= 0.3 is 0 Å². The number of rotatable bonds is 38. The summed E-state index contributed by atoms with van der Waals surface area (Å²) in [6.45, 7) is 44.0. The molecule has 0 aromatic heterocycles. The first-order valence-electron chi connectivity index (χ1n) is 55.3. The Morgan fingerprint density at radius 3 is 1.19 bits per heavy atom. The third kappa shape index (κ3) is 35.5. The fourth-order valence-corrected chi connectivity index (χ4v) is 21.6. The highest BCUT2D eigenvalue weighted by Crippen LogP contribution is 2.43. The van der Waals surface area contributed by atoms with Gasteiger partial charge in [0.25, 0.3) is 0 Å². The lowest BCUT2D eigenvalue weighted by molar-refractivity contribution is -0.116. The molecule has 0 amide bonds. The number of fused-ring (bicyclic) bond motifs is 4. The summed E-state index contributed by atoms with van der Waals surface area (Å²) in [6.07, 6.45) is 46.8. The second-order valence-electron chi connectivity index (χ2n) is 42.4. The maximum absolute atomic E-state index is 6.19. The molecule has 8 aromatic rings. The molecular formula is C124H184O12. The molecule has 0 N–H and O–H groups in total. The maximum atomic E-state index is 6.19. The lowest BCUT2D eigenvalue weighted by Gasteiger charge is -2.27. The van der Waals surface area contributed by atoms with E-state index in [1.54, 1.807) is 0 Å². The molecule has 0 spiro atoms. The highest BCUT2D eigenvalue weighted by molar-refractivity contribution is 5.92. The summed E-state index contributed by atoms with van der Waals surface area (Å²) in [5.41, 5.74) is 11.4. The molecule has 12 heteroatoms. The Kier molecular flexibility index (Phi) is 47.3. The molecule has 14 atom stereocenters. The van der Waals surface area contributed by atoms with E-state index in [9.17, 15) is 0 Å². The molecule has 12 nitrogen and oxygen atoms in total. The van der Waals surface area contributed by atoms with E-state index in [1.165, 1.54) is 259 Å². The summed E-state index contributed by atoms with van der Waals surface area (Å²) in [5.74, 6) is 14.9. The van der Waals surface area contributed by atoms with Crippen LogP contribution in [0.2, 0.25) is 0 Å². The van der Waals surface area contributed by atoms with Crippen LogP contribution in [-0.2, 0) is 41.3 Å². The monoisotopic (exact) mass is 1870 g/mol. The minimum atomic E-state index is -0.216. The molecule has 0 radical (unpaired) electrons. The molecule has 6 fully saturated rings. The van der Waals surface area contributed by atoms with Gasteiger partial charge in [-0.15, -0.1) is 0 Å². The smallest absolute Gasteiger partial charge is 0.199 e. The Morgan fingerprint density at radius 1 is 0.324 bits per heavy atom. The summed E-state index contributed by atoms with van der Waals surface area (Å²) in [7, 11) is 0. The largest absolute Gasteiger partial charge is 0.465 e. The van der Waals surface area contributed by atoms with Gasteiger partial charge in [-0.2, -0.15) is 0 Å². The molecule has 1 heterocycles. The topological polar surface area (TPSA) is 111 Å². The van der Waals surface area contributed by atoms with Crippen LogP contribution in [-0.4, -0.2) is 76.9 Å². The van der Waals surface area contributed by atoms with Gasteiger partial charge in [0, 0.05) is 23.6 Å². The minimum Gasteiger partial charge on any atom is -0.465 e. The molecule has 14 unspecified atom stereocenters. The van der Waals surface area contributed by atoms with Gasteiger partial charge in [-0.05, 0) is 317 Å². The molecule has 1 saturated heterocycles. The molecule has 1 aliphatic heterocycles. The zero-order chi connectivity index (χ0) is 96.5. The molecule has 752 valence electrons. The van der Waals surface area contributed by atoms with Gasteiger partial charge in [0.15, 0.2) is 37.7 Å². The summed E-state index contributed by atoms with van der Waals surface area (Å²) in [5, 5.41) is 4.97. The zero-order valence-electron chi connectivity index (χ0n) is 88.2. The summed E-state index contributed by atoms with van der Waals surface area (Å²) >= 11 is 0. The highest BCUT2D eigenvalue weighted by atomic mass is 16.7. The van der Waals surface area contributed by atoms with Gasteiger partial charge < -0.3 is 56.8 Å². The van der Waals surface area contributed by atoms with Crippen LogP contribution in [0.15, 0.2) is 158 Å². The Labute approximate surface area is 826 Å². The normalized spacial score (nSPS) is 22.4. The second-order valence-corrected chi connectivity index (χ2v) is 42.4. The predicted molar refractivity (Wildman–Crippen MR) is 567 cm³/mol. The minimum absolute atomic E-state index is 0.0454. The Bertz CT molecular complexity index is 4630. The van der Waals surface area contributed by atoms with Crippen molar-refractivity contribution in [3.63, 3.8) is 0 Å². The van der Waals surface area contributed by atoms with Crippen molar-refractivity contribution >= 4 is 21.5 Å². The average molecular weight is 1870 g/mol. The van der Waals surface area contributed by atoms with Gasteiger partial charge in [0.2, 0.25) is 0 Å². The van der Waals surface area contributed by atoms with Crippen LogP contribution < -0.4 is 28.4 Å². The van der Waals surface area contributed by atoms with Crippen LogP contribution in [0.25, 0.3) is 21.5 Å². The molecule has 136 heavy (non-hydrogen) atoms. The predicted octanol–water partition coefficient (Wildman–Crippen LogP) is 35.1. The van der Waals surface area contributed by atoms with Crippen LogP contribution in [0.3, 0.4) is 0 Å². The Morgan fingerprint density at radius 2 is 0.728 bits per heavy atom. The molecule has 8 aliphatic rings. The van der Waals surface area contributed by atoms with E-state index in [0.717, 1.165) is 148 Å². The van der Waals surface area contributed by atoms with Crippen LogP contribution >= 0.6 is 0 Å². The van der Waals surface area contributed by atoms with Crippen molar-refractivity contribution in [1.29, 1.82) is 0 Å². The van der Waals surface area contributed by atoms with Crippen LogP contribution in [0.5, 0.6) is 34.5 Å². The van der Waals surface area contributed by atoms with Crippen molar-refractivity contribution in [3.05, 3.63) is 202 Å². The second kappa shape index (κ2) is 58.9.